The fourth-order valence-corrected chi connectivity index (χ4v) is 3.91. The zero-order chi connectivity index (χ0) is 20.8. The molecule has 7 heteroatoms. The predicted octanol–water partition coefficient (Wildman–Crippen LogP) is 3.94. The number of carbonyl (C=O) groups excluding carboxylic acids is 2. The fraction of sp³-hybridized carbons (Fsp3) is 0.318. The molecular weight excluding hydrogens is 384 g/mol. The molecule has 3 aromatic rings. The van der Waals surface area contributed by atoms with Crippen molar-refractivity contribution in [2.24, 2.45) is 0 Å². The molecule has 0 spiro atoms. The highest BCUT2D eigenvalue weighted by molar-refractivity contribution is 7.99. The molecule has 29 heavy (non-hydrogen) atoms. The summed E-state index contributed by atoms with van der Waals surface area (Å²) in [5.74, 6) is 0.160. The zero-order valence-electron chi connectivity index (χ0n) is 17.0. The molecule has 2 aromatic carbocycles. The predicted molar refractivity (Wildman–Crippen MR) is 118 cm³/mol. The normalized spacial score (nSPS) is 10.9. The van der Waals surface area contributed by atoms with Gasteiger partial charge in [-0.25, -0.2) is 4.98 Å². The number of imidazole rings is 1. The summed E-state index contributed by atoms with van der Waals surface area (Å²) in [4.78, 5) is 31.5. The zero-order valence-corrected chi connectivity index (χ0v) is 17.8. The van der Waals surface area contributed by atoms with Gasteiger partial charge in [-0.3, -0.25) is 9.59 Å². The Bertz CT molecular complexity index is 994. The molecule has 0 bridgehead atoms. The van der Waals surface area contributed by atoms with Gasteiger partial charge < -0.3 is 14.8 Å². The average Bonchev–Trinajstić information content (AvgIpc) is 3.06. The van der Waals surface area contributed by atoms with E-state index in [9.17, 15) is 9.59 Å². The number of aromatic nitrogens is 2. The van der Waals surface area contributed by atoms with Crippen molar-refractivity contribution in [2.75, 3.05) is 24.2 Å². The number of fused-ring (bicyclic) bond motifs is 1. The van der Waals surface area contributed by atoms with Crippen LogP contribution in [0.5, 0.6) is 0 Å². The van der Waals surface area contributed by atoms with E-state index in [0.29, 0.717) is 18.2 Å². The molecular formula is C22H26N4O2S. The third-order valence-electron chi connectivity index (χ3n) is 4.70. The number of rotatable bonds is 8. The van der Waals surface area contributed by atoms with Gasteiger partial charge in [0.05, 0.1) is 16.8 Å². The van der Waals surface area contributed by atoms with E-state index in [-0.39, 0.29) is 24.1 Å². The van der Waals surface area contributed by atoms with Crippen LogP contribution in [0.1, 0.15) is 19.4 Å². The molecule has 3 rings (SSSR count). The Hall–Kier alpha value is -2.80. The number of nitrogens with one attached hydrogen (secondary N) is 1. The summed E-state index contributed by atoms with van der Waals surface area (Å²) >= 11 is 1.34. The second-order valence-electron chi connectivity index (χ2n) is 6.74. The highest BCUT2D eigenvalue weighted by Gasteiger charge is 2.17. The summed E-state index contributed by atoms with van der Waals surface area (Å²) < 4.78 is 1.90. The highest BCUT2D eigenvalue weighted by Crippen LogP contribution is 2.24. The molecule has 0 atom stereocenters. The van der Waals surface area contributed by atoms with Gasteiger partial charge in [-0.1, -0.05) is 41.6 Å². The quantitative estimate of drug-likeness (QED) is 0.571. The number of aryl methyl sites for hydroxylation is 1. The highest BCUT2D eigenvalue weighted by atomic mass is 32.2. The Morgan fingerprint density at radius 3 is 2.45 bits per heavy atom. The largest absolute Gasteiger partial charge is 0.342 e. The van der Waals surface area contributed by atoms with Crippen molar-refractivity contribution in [3.63, 3.8) is 0 Å². The summed E-state index contributed by atoms with van der Waals surface area (Å²) in [5, 5.41) is 3.57. The van der Waals surface area contributed by atoms with E-state index in [2.05, 4.69) is 10.3 Å². The maximum Gasteiger partial charge on any atom is 0.242 e. The molecule has 0 saturated heterocycles. The van der Waals surface area contributed by atoms with E-state index >= 15 is 0 Å². The summed E-state index contributed by atoms with van der Waals surface area (Å²) in [7, 11) is 0. The molecule has 2 amide bonds. The fourth-order valence-electron chi connectivity index (χ4n) is 3.09. The van der Waals surface area contributed by atoms with Crippen molar-refractivity contribution in [1.29, 1.82) is 0 Å². The summed E-state index contributed by atoms with van der Waals surface area (Å²) in [5.41, 5.74) is 3.63. The first-order valence-corrected chi connectivity index (χ1v) is 10.7. The Morgan fingerprint density at radius 2 is 1.76 bits per heavy atom. The van der Waals surface area contributed by atoms with Gasteiger partial charge in [-0.15, -0.1) is 0 Å². The molecule has 0 unspecified atom stereocenters. The Kier molecular flexibility index (Phi) is 6.93. The van der Waals surface area contributed by atoms with Gasteiger partial charge in [0.25, 0.3) is 0 Å². The Balaban J connectivity index is 1.75. The van der Waals surface area contributed by atoms with E-state index in [1.54, 1.807) is 4.90 Å². The van der Waals surface area contributed by atoms with Crippen LogP contribution >= 0.6 is 11.8 Å². The minimum absolute atomic E-state index is 0.0455. The topological polar surface area (TPSA) is 67.2 Å². The molecule has 1 aromatic heterocycles. The van der Waals surface area contributed by atoms with E-state index in [0.717, 1.165) is 22.3 Å². The van der Waals surface area contributed by atoms with Crippen LogP contribution in [0.15, 0.2) is 53.7 Å². The smallest absolute Gasteiger partial charge is 0.242 e. The number of likely N-dealkylation sites (N-methyl/N-ethyl adjacent to an activating group) is 1. The first-order chi connectivity index (χ1) is 14.0. The molecule has 0 saturated carbocycles. The molecule has 0 aliphatic rings. The SMILES string of the molecule is CCN(CC)C(=O)Cn1c(SCC(=O)Nc2ccc(C)cc2)nc2ccccc21. The van der Waals surface area contributed by atoms with Crippen molar-refractivity contribution in [3.05, 3.63) is 54.1 Å². The monoisotopic (exact) mass is 410 g/mol. The van der Waals surface area contributed by atoms with Gasteiger partial charge in [0, 0.05) is 18.8 Å². The molecule has 0 aliphatic heterocycles. The first kappa shape index (κ1) is 20.9. The van der Waals surface area contributed by atoms with Crippen LogP contribution in [-0.2, 0) is 16.1 Å². The molecule has 0 aliphatic carbocycles. The third-order valence-corrected chi connectivity index (χ3v) is 5.67. The molecule has 152 valence electrons. The lowest BCUT2D eigenvalue weighted by atomic mass is 10.2. The number of carbonyl (C=O) groups is 2. The van der Waals surface area contributed by atoms with Crippen LogP contribution in [0.2, 0.25) is 0 Å². The average molecular weight is 411 g/mol. The lowest BCUT2D eigenvalue weighted by Gasteiger charge is -2.19. The number of thioether (sulfide) groups is 1. The van der Waals surface area contributed by atoms with E-state index in [4.69, 9.17) is 0 Å². The van der Waals surface area contributed by atoms with Crippen molar-refractivity contribution in [2.45, 2.75) is 32.5 Å². The van der Waals surface area contributed by atoms with Crippen LogP contribution in [0.3, 0.4) is 0 Å². The number of anilines is 1. The summed E-state index contributed by atoms with van der Waals surface area (Å²) in [6, 6.07) is 15.4. The van der Waals surface area contributed by atoms with Gasteiger partial charge in [-0.05, 0) is 45.0 Å². The number of para-hydroxylation sites is 2. The lowest BCUT2D eigenvalue weighted by molar-refractivity contribution is -0.131. The maximum atomic E-state index is 12.7. The van der Waals surface area contributed by atoms with E-state index in [1.165, 1.54) is 11.8 Å². The third kappa shape index (κ3) is 5.17. The first-order valence-electron chi connectivity index (χ1n) is 9.74. The standard InChI is InChI=1S/C22H26N4O2S/c1-4-25(5-2)21(28)14-26-19-9-7-6-8-18(19)24-22(26)29-15-20(27)23-17-12-10-16(3)11-13-17/h6-13H,4-5,14-15H2,1-3H3,(H,23,27). The molecule has 1 N–H and O–H groups in total. The van der Waals surface area contributed by atoms with Gasteiger partial charge in [-0.2, -0.15) is 0 Å². The second-order valence-corrected chi connectivity index (χ2v) is 7.68. The minimum Gasteiger partial charge on any atom is -0.342 e. The van der Waals surface area contributed by atoms with Crippen molar-refractivity contribution in [1.82, 2.24) is 14.5 Å². The van der Waals surface area contributed by atoms with Crippen LogP contribution < -0.4 is 5.32 Å². The van der Waals surface area contributed by atoms with Crippen molar-refractivity contribution >= 4 is 40.3 Å². The lowest BCUT2D eigenvalue weighted by Crippen LogP contribution is -2.33. The number of benzene rings is 2. The summed E-state index contributed by atoms with van der Waals surface area (Å²) in [6.45, 7) is 7.50. The van der Waals surface area contributed by atoms with Crippen LogP contribution in [0.4, 0.5) is 5.69 Å². The number of hydrogen-bond donors (Lipinski definition) is 1. The Labute approximate surface area is 175 Å². The van der Waals surface area contributed by atoms with Gasteiger partial charge in [0.15, 0.2) is 5.16 Å². The molecule has 6 nitrogen and oxygen atoms in total. The van der Waals surface area contributed by atoms with Crippen LogP contribution in [0, 0.1) is 6.92 Å². The molecule has 1 heterocycles. The second kappa shape index (κ2) is 9.60. The van der Waals surface area contributed by atoms with E-state index in [1.807, 2.05) is 73.9 Å². The maximum absolute atomic E-state index is 12.7. The van der Waals surface area contributed by atoms with E-state index < -0.39 is 0 Å². The van der Waals surface area contributed by atoms with Gasteiger partial charge in [0.2, 0.25) is 11.8 Å². The number of hydrogen-bond acceptors (Lipinski definition) is 4. The summed E-state index contributed by atoms with van der Waals surface area (Å²) in [6.07, 6.45) is 0. The number of amides is 2. The van der Waals surface area contributed by atoms with Crippen LogP contribution in [-0.4, -0.2) is 45.1 Å². The van der Waals surface area contributed by atoms with Crippen molar-refractivity contribution in [3.8, 4) is 0 Å². The minimum atomic E-state index is -0.104. The molecule has 0 radical (unpaired) electrons. The van der Waals surface area contributed by atoms with Crippen molar-refractivity contribution < 1.29 is 9.59 Å². The molecule has 0 fully saturated rings. The number of nitrogens with zero attached hydrogens (tertiary/aromatic N) is 3. The van der Waals surface area contributed by atoms with Gasteiger partial charge in [0.1, 0.15) is 6.54 Å². The Morgan fingerprint density at radius 1 is 1.07 bits per heavy atom. The van der Waals surface area contributed by atoms with Crippen LogP contribution in [0.25, 0.3) is 11.0 Å². The van der Waals surface area contributed by atoms with Gasteiger partial charge >= 0.3 is 0 Å².